The molecule has 1 aliphatic rings. The highest BCUT2D eigenvalue weighted by atomic mass is 31.2. The van der Waals surface area contributed by atoms with Gasteiger partial charge in [-0.1, -0.05) is 195 Å². The average Bonchev–Trinajstić information content (AvgIpc) is 3.35. The number of aliphatic hydroxyl groups is 5. The van der Waals surface area contributed by atoms with Crippen molar-refractivity contribution in [2.24, 2.45) is 0 Å². The van der Waals surface area contributed by atoms with Gasteiger partial charge in [0, 0.05) is 12.8 Å². The molecular formula is C57H97O13P. The first kappa shape index (κ1) is 66.0. The third kappa shape index (κ3) is 37.4. The Bertz CT molecular complexity index is 1560. The number of ether oxygens (including phenoxy) is 2. The highest BCUT2D eigenvalue weighted by molar-refractivity contribution is 7.47. The maximum absolute atomic E-state index is 12.9. The molecule has 0 aromatic heterocycles. The Labute approximate surface area is 428 Å². The van der Waals surface area contributed by atoms with E-state index in [1.165, 1.54) is 109 Å². The van der Waals surface area contributed by atoms with Crippen LogP contribution in [-0.4, -0.2) is 98.3 Å². The molecule has 0 saturated heterocycles. The quantitative estimate of drug-likeness (QED) is 0.0145. The Morgan fingerprint density at radius 3 is 1.30 bits per heavy atom. The van der Waals surface area contributed by atoms with E-state index in [0.29, 0.717) is 25.7 Å². The Balaban J connectivity index is 2.44. The molecule has 8 atom stereocenters. The molecule has 1 rings (SSSR count). The van der Waals surface area contributed by atoms with Gasteiger partial charge in [0.2, 0.25) is 0 Å². The number of rotatable bonds is 45. The minimum Gasteiger partial charge on any atom is -0.462 e. The van der Waals surface area contributed by atoms with Crippen molar-refractivity contribution < 1.29 is 63.1 Å². The fourth-order valence-corrected chi connectivity index (χ4v) is 8.79. The Hall–Kier alpha value is -2.97. The zero-order valence-corrected chi connectivity index (χ0v) is 44.6. The first-order valence-electron chi connectivity index (χ1n) is 27.4. The van der Waals surface area contributed by atoms with Crippen molar-refractivity contribution >= 4 is 19.8 Å². The number of allylic oxidation sites excluding steroid dienone is 14. The number of hydrogen-bond acceptors (Lipinski definition) is 12. The van der Waals surface area contributed by atoms with Gasteiger partial charge in [-0.15, -0.1) is 0 Å². The van der Waals surface area contributed by atoms with E-state index in [1.54, 1.807) is 0 Å². The van der Waals surface area contributed by atoms with Gasteiger partial charge in [-0.2, -0.15) is 0 Å². The Kier molecular flexibility index (Phi) is 42.4. The van der Waals surface area contributed by atoms with Gasteiger partial charge in [-0.05, 0) is 83.5 Å². The zero-order chi connectivity index (χ0) is 52.1. The second-order valence-electron chi connectivity index (χ2n) is 18.7. The van der Waals surface area contributed by atoms with Crippen molar-refractivity contribution in [3.05, 3.63) is 85.1 Å². The molecular weight excluding hydrogens is 924 g/mol. The molecule has 71 heavy (non-hydrogen) atoms. The molecule has 13 nitrogen and oxygen atoms in total. The SMILES string of the molecule is CCCCC/C=C/C/C=C/C/C=C/C/C=C/C/C=C/CCC(=O)O[C@@H](COC(=O)CCC/C=C/CC/C=C/CCCCCCCCCCCCCCCC)COP(=O)(O)OC1C(O)C(O)C(O)[C@H](O)C1O. The van der Waals surface area contributed by atoms with E-state index < -0.39 is 75.7 Å². The molecule has 0 bridgehead atoms. The second-order valence-corrected chi connectivity index (χ2v) is 20.1. The van der Waals surface area contributed by atoms with Gasteiger partial charge in [0.05, 0.1) is 6.61 Å². The molecule has 0 amide bonds. The molecule has 0 aromatic rings. The lowest BCUT2D eigenvalue weighted by molar-refractivity contribution is -0.220. The average molecular weight is 1020 g/mol. The van der Waals surface area contributed by atoms with Gasteiger partial charge in [-0.25, -0.2) is 4.57 Å². The summed E-state index contributed by atoms with van der Waals surface area (Å²) in [6.07, 6.45) is 48.0. The molecule has 1 fully saturated rings. The predicted octanol–water partition coefficient (Wildman–Crippen LogP) is 12.4. The van der Waals surface area contributed by atoms with Gasteiger partial charge in [-0.3, -0.25) is 18.6 Å². The smallest absolute Gasteiger partial charge is 0.462 e. The fourth-order valence-electron chi connectivity index (χ4n) is 7.82. The van der Waals surface area contributed by atoms with Crippen molar-refractivity contribution in [2.45, 2.75) is 249 Å². The van der Waals surface area contributed by atoms with Crippen LogP contribution in [0.5, 0.6) is 0 Å². The van der Waals surface area contributed by atoms with Gasteiger partial charge in [0.1, 0.15) is 43.2 Å². The molecule has 0 aromatic carbocycles. The number of phosphoric acid groups is 1. The number of esters is 2. The van der Waals surface area contributed by atoms with E-state index >= 15 is 0 Å². The summed E-state index contributed by atoms with van der Waals surface area (Å²) < 4.78 is 33.5. The number of carbonyl (C=O) groups is 2. The van der Waals surface area contributed by atoms with E-state index in [4.69, 9.17) is 18.5 Å². The second kappa shape index (κ2) is 45.6. The van der Waals surface area contributed by atoms with Crippen LogP contribution in [0.15, 0.2) is 85.1 Å². The van der Waals surface area contributed by atoms with E-state index in [2.05, 4.69) is 74.6 Å². The normalized spacial score (nSPS) is 21.3. The van der Waals surface area contributed by atoms with Crippen LogP contribution in [0.25, 0.3) is 0 Å². The van der Waals surface area contributed by atoms with Crippen molar-refractivity contribution in [2.75, 3.05) is 13.2 Å². The number of hydrogen-bond donors (Lipinski definition) is 6. The summed E-state index contributed by atoms with van der Waals surface area (Å²) in [6.45, 7) is 3.20. The largest absolute Gasteiger partial charge is 0.472 e. The van der Waals surface area contributed by atoms with Crippen molar-refractivity contribution in [1.82, 2.24) is 0 Å². The summed E-state index contributed by atoms with van der Waals surface area (Å²) in [7, 11) is -5.16. The van der Waals surface area contributed by atoms with Gasteiger partial charge < -0.3 is 39.9 Å². The maximum Gasteiger partial charge on any atom is 0.472 e. The van der Waals surface area contributed by atoms with E-state index in [9.17, 15) is 44.6 Å². The highest BCUT2D eigenvalue weighted by Crippen LogP contribution is 2.47. The minimum atomic E-state index is -5.16. The summed E-state index contributed by atoms with van der Waals surface area (Å²) in [5.41, 5.74) is 0. The molecule has 0 aliphatic heterocycles. The molecule has 14 heteroatoms. The number of aliphatic hydroxyl groups excluding tert-OH is 5. The van der Waals surface area contributed by atoms with Crippen LogP contribution in [0.2, 0.25) is 0 Å². The lowest BCUT2D eigenvalue weighted by Crippen LogP contribution is -2.64. The van der Waals surface area contributed by atoms with Crippen molar-refractivity contribution in [3.8, 4) is 0 Å². The van der Waals surface area contributed by atoms with Gasteiger partial charge in [0.15, 0.2) is 6.10 Å². The molecule has 0 radical (unpaired) electrons. The topological polar surface area (TPSA) is 210 Å². The fraction of sp³-hybridized carbons (Fsp3) is 0.719. The van der Waals surface area contributed by atoms with Crippen LogP contribution < -0.4 is 0 Å². The van der Waals surface area contributed by atoms with Gasteiger partial charge >= 0.3 is 19.8 Å². The van der Waals surface area contributed by atoms with Crippen LogP contribution in [0.3, 0.4) is 0 Å². The van der Waals surface area contributed by atoms with Crippen LogP contribution in [0.1, 0.15) is 206 Å². The first-order chi connectivity index (χ1) is 34.4. The standard InChI is InChI=1S/C57H97O13P/c1-3-5-7-9-11-13-15-17-19-21-23-24-25-26-28-29-31-33-35-37-39-41-43-45-50(58)67-47-49(48-68-71(65,66)70-57-55(63)53(61)52(60)54(62)56(57)64)69-51(59)46-44-42-40-38-36-34-32-30-27-22-20-18-16-14-12-10-8-6-4-2/h12,14,18,20,27,29-31,34,36-37,39-40,42,49,52-57,60-64H,3-11,13,15-17,19,21-26,28,32-33,35,38,41,43-48H2,1-2H3,(H,65,66)/b14-12+,20-18+,30-27+,31-29+,36-34+,39-37+,42-40+/t49-,52?,53-,54?,55?,56?,57?/m0/s1. The zero-order valence-electron chi connectivity index (χ0n) is 43.7. The molecule has 408 valence electrons. The Morgan fingerprint density at radius 2 is 0.803 bits per heavy atom. The molecule has 1 aliphatic carbocycles. The predicted molar refractivity (Wildman–Crippen MR) is 285 cm³/mol. The summed E-state index contributed by atoms with van der Waals surface area (Å²) in [5, 5.41) is 50.3. The number of phosphoric ester groups is 1. The monoisotopic (exact) mass is 1020 g/mol. The lowest BCUT2D eigenvalue weighted by atomic mass is 9.85. The van der Waals surface area contributed by atoms with E-state index in [-0.39, 0.29) is 12.8 Å². The van der Waals surface area contributed by atoms with Crippen LogP contribution in [0.4, 0.5) is 0 Å². The minimum absolute atomic E-state index is 0.0386. The third-order valence-corrected chi connectivity index (χ3v) is 13.2. The first-order valence-corrected chi connectivity index (χ1v) is 28.9. The van der Waals surface area contributed by atoms with Crippen molar-refractivity contribution in [1.29, 1.82) is 0 Å². The molecule has 6 N–H and O–H groups in total. The van der Waals surface area contributed by atoms with Crippen LogP contribution in [0, 0.1) is 0 Å². The van der Waals surface area contributed by atoms with Crippen LogP contribution >= 0.6 is 7.82 Å². The van der Waals surface area contributed by atoms with E-state index in [1.807, 2.05) is 24.3 Å². The summed E-state index contributed by atoms with van der Waals surface area (Å²) in [6, 6.07) is 0. The number of unbranched alkanes of at least 4 members (excludes halogenated alkanes) is 19. The summed E-state index contributed by atoms with van der Waals surface area (Å²) in [5.74, 6) is -1.25. The van der Waals surface area contributed by atoms with Crippen molar-refractivity contribution in [3.63, 3.8) is 0 Å². The lowest BCUT2D eigenvalue weighted by Gasteiger charge is -2.41. The molecule has 6 unspecified atom stereocenters. The summed E-state index contributed by atoms with van der Waals surface area (Å²) in [4.78, 5) is 35.8. The molecule has 1 saturated carbocycles. The Morgan fingerprint density at radius 1 is 0.437 bits per heavy atom. The van der Waals surface area contributed by atoms with Crippen LogP contribution in [-0.2, 0) is 32.7 Å². The molecule has 0 spiro atoms. The van der Waals surface area contributed by atoms with Gasteiger partial charge in [0.25, 0.3) is 0 Å². The van der Waals surface area contributed by atoms with E-state index in [0.717, 1.165) is 44.9 Å². The third-order valence-electron chi connectivity index (χ3n) is 12.2. The number of carbonyl (C=O) groups excluding carboxylic acids is 2. The highest BCUT2D eigenvalue weighted by Gasteiger charge is 2.51. The maximum atomic E-state index is 12.9. The summed E-state index contributed by atoms with van der Waals surface area (Å²) >= 11 is 0. The molecule has 0 heterocycles.